The van der Waals surface area contributed by atoms with Crippen molar-refractivity contribution >= 4 is 0 Å². The molecule has 2 aromatic carbocycles. The fourth-order valence-corrected chi connectivity index (χ4v) is 2.59. The summed E-state index contributed by atoms with van der Waals surface area (Å²) in [5.41, 5.74) is 5.33. The van der Waals surface area contributed by atoms with E-state index in [2.05, 4.69) is 42.4 Å². The molecule has 4 rings (SSSR count). The Balaban J connectivity index is 1.87. The highest BCUT2D eigenvalue weighted by atomic mass is 16.7. The lowest BCUT2D eigenvalue weighted by Crippen LogP contribution is -2.02. The largest absolute Gasteiger partial charge is 0.454 e. The predicted molar refractivity (Wildman–Crippen MR) is 82.4 cm³/mol. The van der Waals surface area contributed by atoms with Crippen LogP contribution < -0.4 is 9.47 Å². The van der Waals surface area contributed by atoms with Crippen LogP contribution in [0.4, 0.5) is 0 Å². The minimum absolute atomic E-state index is 0.236. The van der Waals surface area contributed by atoms with Gasteiger partial charge in [-0.25, -0.2) is 4.68 Å². The monoisotopic (exact) mass is 293 g/mol. The summed E-state index contributed by atoms with van der Waals surface area (Å²) in [5, 5.41) is 8.29. The molecule has 0 bridgehead atoms. The zero-order chi connectivity index (χ0) is 15.1. The first kappa shape index (κ1) is 12.9. The quantitative estimate of drug-likeness (QED) is 0.727. The Hall–Kier alpha value is -2.82. The standard InChI is InChI=1S/C17H15N3O2/c1-11-6-7-13(8-12(11)2)15-9-18-19-20(15)14-4-3-5-16-17(14)22-10-21-16/h3-9H,10H2,1-2H3. The van der Waals surface area contributed by atoms with Gasteiger partial charge in [-0.1, -0.05) is 23.4 Å². The summed E-state index contributed by atoms with van der Waals surface area (Å²) < 4.78 is 12.8. The van der Waals surface area contributed by atoms with E-state index < -0.39 is 0 Å². The van der Waals surface area contributed by atoms with Crippen LogP contribution in [-0.2, 0) is 0 Å². The molecule has 2 heterocycles. The van der Waals surface area contributed by atoms with Crippen molar-refractivity contribution in [3.63, 3.8) is 0 Å². The zero-order valence-corrected chi connectivity index (χ0v) is 12.4. The van der Waals surface area contributed by atoms with Gasteiger partial charge in [-0.3, -0.25) is 0 Å². The molecule has 22 heavy (non-hydrogen) atoms. The third-order valence-electron chi connectivity index (χ3n) is 3.96. The Morgan fingerprint density at radius 2 is 1.95 bits per heavy atom. The molecule has 0 radical (unpaired) electrons. The van der Waals surface area contributed by atoms with Crippen LogP contribution in [0.5, 0.6) is 11.5 Å². The topological polar surface area (TPSA) is 49.2 Å². The molecule has 5 heteroatoms. The number of benzene rings is 2. The fraction of sp³-hybridized carbons (Fsp3) is 0.176. The highest BCUT2D eigenvalue weighted by molar-refractivity contribution is 5.66. The molecule has 0 fully saturated rings. The molecule has 0 saturated heterocycles. The first-order chi connectivity index (χ1) is 10.7. The van der Waals surface area contributed by atoms with Gasteiger partial charge in [-0.05, 0) is 43.2 Å². The van der Waals surface area contributed by atoms with Crippen molar-refractivity contribution in [3.05, 3.63) is 53.7 Å². The molecule has 0 spiro atoms. The van der Waals surface area contributed by atoms with Crippen molar-refractivity contribution < 1.29 is 9.47 Å². The van der Waals surface area contributed by atoms with Crippen LogP contribution in [-0.4, -0.2) is 21.8 Å². The number of fused-ring (bicyclic) bond motifs is 1. The summed E-state index contributed by atoms with van der Waals surface area (Å²) >= 11 is 0. The molecule has 0 aliphatic carbocycles. The number of para-hydroxylation sites is 1. The van der Waals surface area contributed by atoms with E-state index in [0.29, 0.717) is 5.75 Å². The minimum Gasteiger partial charge on any atom is -0.454 e. The molecule has 1 aliphatic rings. The highest BCUT2D eigenvalue weighted by Gasteiger charge is 2.21. The number of rotatable bonds is 2. The van der Waals surface area contributed by atoms with Crippen molar-refractivity contribution in [2.24, 2.45) is 0 Å². The van der Waals surface area contributed by atoms with Crippen molar-refractivity contribution in [3.8, 4) is 28.4 Å². The number of hydrogen-bond acceptors (Lipinski definition) is 4. The van der Waals surface area contributed by atoms with Crippen molar-refractivity contribution in [2.45, 2.75) is 13.8 Å². The first-order valence-corrected chi connectivity index (χ1v) is 7.11. The van der Waals surface area contributed by atoms with Gasteiger partial charge in [0.05, 0.1) is 11.9 Å². The normalized spacial score (nSPS) is 12.6. The molecule has 1 aliphatic heterocycles. The number of hydrogen-bond donors (Lipinski definition) is 0. The summed E-state index contributed by atoms with van der Waals surface area (Å²) in [5.74, 6) is 1.44. The number of aromatic nitrogens is 3. The van der Waals surface area contributed by atoms with Crippen molar-refractivity contribution in [2.75, 3.05) is 6.79 Å². The summed E-state index contributed by atoms with van der Waals surface area (Å²) in [6.45, 7) is 4.44. The van der Waals surface area contributed by atoms with E-state index in [1.54, 1.807) is 10.9 Å². The van der Waals surface area contributed by atoms with Crippen LogP contribution in [0.2, 0.25) is 0 Å². The lowest BCUT2D eigenvalue weighted by molar-refractivity contribution is 0.173. The molecule has 3 aromatic rings. The van der Waals surface area contributed by atoms with E-state index >= 15 is 0 Å². The second kappa shape index (κ2) is 4.87. The maximum atomic E-state index is 5.58. The molecule has 5 nitrogen and oxygen atoms in total. The Bertz CT molecular complexity index is 855. The lowest BCUT2D eigenvalue weighted by atomic mass is 10.0. The Morgan fingerprint density at radius 3 is 2.82 bits per heavy atom. The van der Waals surface area contributed by atoms with Gasteiger partial charge in [0.1, 0.15) is 5.69 Å². The van der Waals surface area contributed by atoms with Gasteiger partial charge in [0.2, 0.25) is 6.79 Å². The zero-order valence-electron chi connectivity index (χ0n) is 12.4. The van der Waals surface area contributed by atoms with E-state index in [1.165, 1.54) is 11.1 Å². The van der Waals surface area contributed by atoms with Gasteiger partial charge in [0.15, 0.2) is 11.5 Å². The third kappa shape index (κ3) is 1.94. The van der Waals surface area contributed by atoms with E-state index in [9.17, 15) is 0 Å². The molecule has 0 amide bonds. The van der Waals surface area contributed by atoms with Crippen LogP contribution in [0.3, 0.4) is 0 Å². The number of aryl methyl sites for hydroxylation is 2. The second-order valence-corrected chi connectivity index (χ2v) is 5.34. The molecule has 0 unspecified atom stereocenters. The SMILES string of the molecule is Cc1ccc(-c2cnnn2-c2cccc3c2OCO3)cc1C. The number of nitrogens with zero attached hydrogens (tertiary/aromatic N) is 3. The van der Waals surface area contributed by atoms with Gasteiger partial charge < -0.3 is 9.47 Å². The van der Waals surface area contributed by atoms with E-state index in [1.807, 2.05) is 18.2 Å². The summed E-state index contributed by atoms with van der Waals surface area (Å²) in [7, 11) is 0. The van der Waals surface area contributed by atoms with Crippen LogP contribution in [0.1, 0.15) is 11.1 Å². The summed E-state index contributed by atoms with van der Waals surface area (Å²) in [6.07, 6.45) is 1.76. The second-order valence-electron chi connectivity index (χ2n) is 5.34. The summed E-state index contributed by atoms with van der Waals surface area (Å²) in [4.78, 5) is 0. The van der Waals surface area contributed by atoms with E-state index in [4.69, 9.17) is 9.47 Å². The van der Waals surface area contributed by atoms with Crippen LogP contribution in [0, 0.1) is 13.8 Å². The van der Waals surface area contributed by atoms with Gasteiger partial charge in [0, 0.05) is 5.56 Å². The maximum absolute atomic E-state index is 5.58. The smallest absolute Gasteiger partial charge is 0.231 e. The third-order valence-corrected chi connectivity index (χ3v) is 3.96. The first-order valence-electron chi connectivity index (χ1n) is 7.11. The van der Waals surface area contributed by atoms with Gasteiger partial charge in [-0.2, -0.15) is 0 Å². The number of ether oxygens (including phenoxy) is 2. The molecule has 1 aromatic heterocycles. The van der Waals surface area contributed by atoms with Crippen molar-refractivity contribution in [1.82, 2.24) is 15.0 Å². The summed E-state index contributed by atoms with van der Waals surface area (Å²) in [6, 6.07) is 12.1. The van der Waals surface area contributed by atoms with Gasteiger partial charge >= 0.3 is 0 Å². The van der Waals surface area contributed by atoms with Crippen LogP contribution in [0.15, 0.2) is 42.6 Å². The van der Waals surface area contributed by atoms with Gasteiger partial charge in [0.25, 0.3) is 0 Å². The highest BCUT2D eigenvalue weighted by Crippen LogP contribution is 2.38. The fourth-order valence-electron chi connectivity index (χ4n) is 2.59. The Morgan fingerprint density at radius 1 is 1.05 bits per heavy atom. The minimum atomic E-state index is 0.236. The van der Waals surface area contributed by atoms with Crippen LogP contribution >= 0.6 is 0 Å². The molecular formula is C17H15N3O2. The maximum Gasteiger partial charge on any atom is 0.231 e. The van der Waals surface area contributed by atoms with Crippen LogP contribution in [0.25, 0.3) is 16.9 Å². The molecule has 110 valence electrons. The molecule has 0 saturated carbocycles. The average molecular weight is 293 g/mol. The molecular weight excluding hydrogens is 278 g/mol. The Kier molecular flexibility index (Phi) is 2.85. The average Bonchev–Trinajstić information content (AvgIpc) is 3.18. The van der Waals surface area contributed by atoms with Gasteiger partial charge in [-0.15, -0.1) is 5.10 Å². The predicted octanol–water partition coefficient (Wildman–Crippen LogP) is 3.28. The van der Waals surface area contributed by atoms with E-state index in [0.717, 1.165) is 22.7 Å². The Labute approximate surface area is 128 Å². The van der Waals surface area contributed by atoms with E-state index in [-0.39, 0.29) is 6.79 Å². The molecule has 0 N–H and O–H groups in total. The molecule has 0 atom stereocenters. The lowest BCUT2D eigenvalue weighted by Gasteiger charge is -2.10. The van der Waals surface area contributed by atoms with Crippen molar-refractivity contribution in [1.29, 1.82) is 0 Å².